The van der Waals surface area contributed by atoms with E-state index in [1.807, 2.05) is 6.07 Å². The van der Waals surface area contributed by atoms with Crippen LogP contribution in [0.4, 0.5) is 0 Å². The van der Waals surface area contributed by atoms with Crippen molar-refractivity contribution in [2.45, 2.75) is 40.0 Å². The maximum atomic E-state index is 11.1. The number of aromatic carboxylic acids is 1. The van der Waals surface area contributed by atoms with Gasteiger partial charge in [0.2, 0.25) is 0 Å². The minimum atomic E-state index is -0.976. The highest BCUT2D eigenvalue weighted by atomic mass is 17.2. The van der Waals surface area contributed by atoms with Gasteiger partial charge >= 0.3 is 5.97 Å². The van der Waals surface area contributed by atoms with Gasteiger partial charge in [-0.15, -0.1) is 0 Å². The van der Waals surface area contributed by atoms with Gasteiger partial charge in [0.25, 0.3) is 0 Å². The summed E-state index contributed by atoms with van der Waals surface area (Å²) in [7, 11) is 0. The van der Waals surface area contributed by atoms with E-state index in [0.29, 0.717) is 23.3 Å². The molecule has 1 atom stereocenters. The maximum Gasteiger partial charge on any atom is 0.339 e. The van der Waals surface area contributed by atoms with Gasteiger partial charge in [0, 0.05) is 11.6 Å². The molecule has 0 radical (unpaired) electrons. The van der Waals surface area contributed by atoms with Crippen LogP contribution in [0.25, 0.3) is 0 Å². The van der Waals surface area contributed by atoms with Crippen molar-refractivity contribution in [3.05, 3.63) is 23.3 Å². The lowest BCUT2D eigenvalue weighted by Crippen LogP contribution is -2.16. The van der Waals surface area contributed by atoms with Crippen LogP contribution in [0.2, 0.25) is 0 Å². The normalized spacial score (nSPS) is 14.1. The van der Waals surface area contributed by atoms with E-state index in [1.54, 1.807) is 0 Å². The molecule has 4 heteroatoms. The highest BCUT2D eigenvalue weighted by Gasteiger charge is 2.25. The van der Waals surface area contributed by atoms with Crippen LogP contribution >= 0.6 is 0 Å². The minimum Gasteiger partial charge on any atom is -0.478 e. The second kappa shape index (κ2) is 5.51. The Balaban J connectivity index is 2.12. The number of carboxylic acid groups (broad SMARTS) is 1. The predicted octanol–water partition coefficient (Wildman–Crippen LogP) is 3.69. The number of rotatable bonds is 6. The lowest BCUT2D eigenvalue weighted by Gasteiger charge is -2.21. The third kappa shape index (κ3) is 3.19. The van der Waals surface area contributed by atoms with Crippen LogP contribution in [0, 0.1) is 11.8 Å². The van der Waals surface area contributed by atoms with Crippen molar-refractivity contribution in [2.75, 3.05) is 0 Å². The predicted molar refractivity (Wildman–Crippen MR) is 71.6 cm³/mol. The Labute approximate surface area is 113 Å². The monoisotopic (exact) mass is 264 g/mol. The van der Waals surface area contributed by atoms with Crippen molar-refractivity contribution in [3.8, 4) is 11.5 Å². The Bertz CT molecular complexity index is 479. The van der Waals surface area contributed by atoms with Gasteiger partial charge in [-0.05, 0) is 24.3 Å². The molecule has 2 bridgehead atoms. The van der Waals surface area contributed by atoms with E-state index < -0.39 is 5.97 Å². The Morgan fingerprint density at radius 2 is 1.95 bits per heavy atom. The van der Waals surface area contributed by atoms with Crippen molar-refractivity contribution in [1.29, 1.82) is 0 Å². The Morgan fingerprint density at radius 3 is 2.53 bits per heavy atom. The molecule has 2 heterocycles. The SMILES string of the molecule is CC(C)CCC(C)Cc1cc2cc(C(=O)O)c1OO2. The molecular weight excluding hydrogens is 244 g/mol. The van der Waals surface area contributed by atoms with E-state index in [-0.39, 0.29) is 5.56 Å². The molecule has 1 unspecified atom stereocenters. The van der Waals surface area contributed by atoms with E-state index in [4.69, 9.17) is 14.9 Å². The fraction of sp³-hybridized carbons (Fsp3) is 0.533. The Kier molecular flexibility index (Phi) is 3.98. The molecule has 0 fully saturated rings. The molecule has 3 rings (SSSR count). The molecule has 0 saturated carbocycles. The average molecular weight is 264 g/mol. The zero-order valence-corrected chi connectivity index (χ0v) is 11.6. The van der Waals surface area contributed by atoms with Gasteiger partial charge in [-0.25, -0.2) is 4.79 Å². The van der Waals surface area contributed by atoms with Gasteiger partial charge in [-0.3, -0.25) is 9.78 Å². The molecule has 0 amide bonds. The van der Waals surface area contributed by atoms with Gasteiger partial charge in [0.05, 0.1) is 0 Å². The molecular formula is C15H20O4. The van der Waals surface area contributed by atoms with E-state index in [2.05, 4.69) is 20.8 Å². The Hall–Kier alpha value is -1.71. The molecule has 2 aliphatic rings. The summed E-state index contributed by atoms with van der Waals surface area (Å²) >= 11 is 0. The molecule has 0 spiro atoms. The number of carbonyl (C=O) groups is 1. The van der Waals surface area contributed by atoms with Crippen LogP contribution < -0.4 is 9.78 Å². The molecule has 2 aliphatic heterocycles. The smallest absolute Gasteiger partial charge is 0.339 e. The van der Waals surface area contributed by atoms with Crippen LogP contribution in [0.15, 0.2) is 12.1 Å². The summed E-state index contributed by atoms with van der Waals surface area (Å²) in [5, 5.41) is 9.12. The number of hydrogen-bond donors (Lipinski definition) is 1. The van der Waals surface area contributed by atoms with Gasteiger partial charge in [0.1, 0.15) is 5.56 Å². The third-order valence-corrected chi connectivity index (χ3v) is 3.40. The lowest BCUT2D eigenvalue weighted by molar-refractivity contribution is -0.109. The summed E-state index contributed by atoms with van der Waals surface area (Å²) in [4.78, 5) is 21.1. The molecule has 1 aromatic carbocycles. The van der Waals surface area contributed by atoms with Gasteiger partial charge < -0.3 is 5.11 Å². The van der Waals surface area contributed by atoms with Crippen molar-refractivity contribution in [1.82, 2.24) is 0 Å². The van der Waals surface area contributed by atoms with Crippen LogP contribution in [0.3, 0.4) is 0 Å². The highest BCUT2D eigenvalue weighted by Crippen LogP contribution is 2.36. The summed E-state index contributed by atoms with van der Waals surface area (Å²) < 4.78 is 0. The van der Waals surface area contributed by atoms with E-state index in [9.17, 15) is 4.79 Å². The van der Waals surface area contributed by atoms with Gasteiger partial charge in [-0.1, -0.05) is 33.6 Å². The number of hydrogen-bond acceptors (Lipinski definition) is 3. The zero-order chi connectivity index (χ0) is 14.0. The van der Waals surface area contributed by atoms with E-state index in [1.165, 1.54) is 12.5 Å². The van der Waals surface area contributed by atoms with Crippen molar-refractivity contribution in [2.24, 2.45) is 11.8 Å². The average Bonchev–Trinajstić information content (AvgIpc) is 2.36. The zero-order valence-electron chi connectivity index (χ0n) is 11.6. The molecule has 1 N–H and O–H groups in total. The van der Waals surface area contributed by atoms with Gasteiger partial charge in [-0.2, -0.15) is 0 Å². The quantitative estimate of drug-likeness (QED) is 0.796. The molecule has 1 aromatic rings. The summed E-state index contributed by atoms with van der Waals surface area (Å²) in [6.07, 6.45) is 3.13. The van der Waals surface area contributed by atoms with Crippen LogP contribution in [-0.4, -0.2) is 11.1 Å². The molecule has 0 saturated heterocycles. The molecule has 0 aliphatic carbocycles. The molecule has 0 aromatic heterocycles. The second-order valence-corrected chi connectivity index (χ2v) is 5.71. The maximum absolute atomic E-state index is 11.1. The van der Waals surface area contributed by atoms with Crippen molar-refractivity contribution >= 4 is 5.97 Å². The number of benzene rings is 1. The number of carboxylic acids is 1. The second-order valence-electron chi connectivity index (χ2n) is 5.71. The third-order valence-electron chi connectivity index (χ3n) is 3.40. The van der Waals surface area contributed by atoms with Crippen molar-refractivity contribution in [3.63, 3.8) is 0 Å². The first-order valence-corrected chi connectivity index (χ1v) is 6.72. The lowest BCUT2D eigenvalue weighted by atomic mass is 9.92. The Morgan fingerprint density at radius 1 is 1.21 bits per heavy atom. The first kappa shape index (κ1) is 13.7. The summed E-state index contributed by atoms with van der Waals surface area (Å²) in [5.41, 5.74) is 1.12. The van der Waals surface area contributed by atoms with Crippen LogP contribution in [-0.2, 0) is 6.42 Å². The molecule has 104 valence electrons. The first-order valence-electron chi connectivity index (χ1n) is 6.72. The summed E-state index contributed by atoms with van der Waals surface area (Å²) in [6.45, 7) is 6.60. The van der Waals surface area contributed by atoms with E-state index in [0.717, 1.165) is 18.4 Å². The highest BCUT2D eigenvalue weighted by molar-refractivity contribution is 5.92. The molecule has 4 nitrogen and oxygen atoms in total. The standard InChI is InChI=1S/C15H20O4/c1-9(2)4-5-10(3)6-11-7-12-8-13(15(16)17)14(11)19-18-12/h7-10H,4-6H2,1-3H3,(H,16,17). The topological polar surface area (TPSA) is 55.8 Å². The fourth-order valence-corrected chi connectivity index (χ4v) is 2.30. The summed E-state index contributed by atoms with van der Waals surface area (Å²) in [6, 6.07) is 3.38. The molecule has 19 heavy (non-hydrogen) atoms. The largest absolute Gasteiger partial charge is 0.478 e. The van der Waals surface area contributed by atoms with Gasteiger partial charge in [0.15, 0.2) is 11.5 Å². The summed E-state index contributed by atoms with van der Waals surface area (Å²) in [5.74, 6) is 1.05. The van der Waals surface area contributed by atoms with Crippen LogP contribution in [0.5, 0.6) is 11.5 Å². The van der Waals surface area contributed by atoms with Crippen molar-refractivity contribution < 1.29 is 19.7 Å². The minimum absolute atomic E-state index is 0.190. The fourth-order valence-electron chi connectivity index (χ4n) is 2.30. The van der Waals surface area contributed by atoms with Crippen LogP contribution in [0.1, 0.15) is 49.5 Å². The van der Waals surface area contributed by atoms with E-state index >= 15 is 0 Å². The first-order chi connectivity index (χ1) is 8.97. The number of fused-ring (bicyclic) bond motifs is 3.